The molecule has 0 aliphatic rings. The van der Waals surface area contributed by atoms with Crippen LogP contribution >= 0.6 is 0 Å². The van der Waals surface area contributed by atoms with Crippen LogP contribution in [0.1, 0.15) is 11.1 Å². The van der Waals surface area contributed by atoms with Gasteiger partial charge in [-0.2, -0.15) is 0 Å². The predicted octanol–water partition coefficient (Wildman–Crippen LogP) is 4.09. The van der Waals surface area contributed by atoms with E-state index in [2.05, 4.69) is 9.97 Å². The van der Waals surface area contributed by atoms with E-state index in [0.717, 1.165) is 27.7 Å². The zero-order chi connectivity index (χ0) is 17.1. The van der Waals surface area contributed by atoms with Crippen molar-refractivity contribution >= 4 is 22.4 Å². The topological polar surface area (TPSA) is 58.1 Å². The highest BCUT2D eigenvalue weighted by atomic mass is 16.1. The molecule has 4 heteroatoms. The molecule has 4 aromatic rings. The van der Waals surface area contributed by atoms with Crippen LogP contribution in [0.25, 0.3) is 10.9 Å². The normalized spacial score (nSPS) is 10.6. The van der Waals surface area contributed by atoms with Crippen LogP contribution in [0.4, 0.5) is 5.82 Å². The van der Waals surface area contributed by atoms with Gasteiger partial charge in [-0.15, -0.1) is 0 Å². The molecular weight excluding hydrogens is 310 g/mol. The molecule has 0 bridgehead atoms. The number of nitrogens with zero attached hydrogens (tertiary/aromatic N) is 2. The molecule has 0 fully saturated rings. The molecule has 2 aromatic carbocycles. The van der Waals surface area contributed by atoms with Crippen molar-refractivity contribution in [3.63, 3.8) is 0 Å². The lowest BCUT2D eigenvalue weighted by molar-refractivity contribution is 1.25. The predicted molar refractivity (Wildman–Crippen MR) is 101 cm³/mol. The number of fused-ring (bicyclic) bond motifs is 1. The molecule has 0 radical (unpaired) electrons. The summed E-state index contributed by atoms with van der Waals surface area (Å²) in [6, 6.07) is 25.0. The van der Waals surface area contributed by atoms with E-state index in [0.29, 0.717) is 5.82 Å². The lowest BCUT2D eigenvalue weighted by atomic mass is 10.0. The Hall–Kier alpha value is -3.53. The van der Waals surface area contributed by atoms with Gasteiger partial charge in [0.2, 0.25) is 5.56 Å². The number of aromatic nitrogens is 2. The molecule has 0 spiro atoms. The minimum atomic E-state index is -0.139. The van der Waals surface area contributed by atoms with Crippen molar-refractivity contribution in [2.24, 2.45) is 4.99 Å². The Morgan fingerprint density at radius 3 is 2.08 bits per heavy atom. The standard InChI is InChI=1S/C21H15N3O/c25-19-12-11-17-18(23-19)13-14-22-21(17)24-20(15-7-3-1-4-8-15)16-9-5-2-6-10-16/h1-14H,(H,23,25). The van der Waals surface area contributed by atoms with Crippen LogP contribution in [0.15, 0.2) is 94.8 Å². The quantitative estimate of drug-likeness (QED) is 0.577. The first kappa shape index (κ1) is 15.0. The Balaban J connectivity index is 1.96. The molecule has 0 saturated heterocycles. The highest BCUT2D eigenvalue weighted by Gasteiger charge is 2.09. The second-order valence-corrected chi connectivity index (χ2v) is 5.61. The van der Waals surface area contributed by atoms with Gasteiger partial charge in [0, 0.05) is 28.8 Å². The number of hydrogen-bond donors (Lipinski definition) is 1. The zero-order valence-electron chi connectivity index (χ0n) is 13.4. The summed E-state index contributed by atoms with van der Waals surface area (Å²) >= 11 is 0. The van der Waals surface area contributed by atoms with E-state index < -0.39 is 0 Å². The third-order valence-corrected chi connectivity index (χ3v) is 3.94. The molecule has 25 heavy (non-hydrogen) atoms. The van der Waals surface area contributed by atoms with E-state index in [-0.39, 0.29) is 5.56 Å². The number of hydrogen-bond acceptors (Lipinski definition) is 3. The average Bonchev–Trinajstić information content (AvgIpc) is 2.67. The van der Waals surface area contributed by atoms with E-state index in [4.69, 9.17) is 4.99 Å². The van der Waals surface area contributed by atoms with Gasteiger partial charge in [-0.3, -0.25) is 4.79 Å². The van der Waals surface area contributed by atoms with Gasteiger partial charge in [-0.05, 0) is 12.1 Å². The van der Waals surface area contributed by atoms with Gasteiger partial charge < -0.3 is 4.98 Å². The molecule has 0 amide bonds. The minimum Gasteiger partial charge on any atom is -0.322 e. The summed E-state index contributed by atoms with van der Waals surface area (Å²) in [6.45, 7) is 0. The molecule has 4 rings (SSSR count). The first-order chi connectivity index (χ1) is 12.3. The zero-order valence-corrected chi connectivity index (χ0v) is 13.4. The van der Waals surface area contributed by atoms with E-state index in [1.807, 2.05) is 60.7 Å². The maximum Gasteiger partial charge on any atom is 0.248 e. The Bertz CT molecular complexity index is 1060. The fourth-order valence-corrected chi connectivity index (χ4v) is 2.75. The smallest absolute Gasteiger partial charge is 0.248 e. The number of H-pyrrole nitrogens is 1. The summed E-state index contributed by atoms with van der Waals surface area (Å²) in [5, 5.41) is 0.812. The van der Waals surface area contributed by atoms with E-state index in [1.54, 1.807) is 18.3 Å². The van der Waals surface area contributed by atoms with Gasteiger partial charge >= 0.3 is 0 Å². The van der Waals surface area contributed by atoms with Crippen molar-refractivity contribution in [2.45, 2.75) is 0 Å². The fraction of sp³-hybridized carbons (Fsp3) is 0. The summed E-state index contributed by atoms with van der Waals surface area (Å²) in [6.07, 6.45) is 1.66. The molecular formula is C21H15N3O. The number of pyridine rings is 2. The third kappa shape index (κ3) is 3.10. The second-order valence-electron chi connectivity index (χ2n) is 5.61. The van der Waals surface area contributed by atoms with Crippen LogP contribution in [0.5, 0.6) is 0 Å². The molecule has 0 unspecified atom stereocenters. The van der Waals surface area contributed by atoms with Crippen molar-refractivity contribution in [1.82, 2.24) is 9.97 Å². The third-order valence-electron chi connectivity index (χ3n) is 3.94. The van der Waals surface area contributed by atoms with E-state index in [1.165, 1.54) is 6.07 Å². The summed E-state index contributed by atoms with van der Waals surface area (Å²) in [5.74, 6) is 0.580. The molecule has 0 atom stereocenters. The second kappa shape index (κ2) is 6.53. The van der Waals surface area contributed by atoms with Crippen molar-refractivity contribution in [3.05, 3.63) is 107 Å². The maximum absolute atomic E-state index is 11.5. The highest BCUT2D eigenvalue weighted by molar-refractivity contribution is 6.14. The van der Waals surface area contributed by atoms with Gasteiger partial charge in [0.05, 0.1) is 11.2 Å². The summed E-state index contributed by atoms with van der Waals surface area (Å²) in [7, 11) is 0. The number of nitrogens with one attached hydrogen (secondary N) is 1. The summed E-state index contributed by atoms with van der Waals surface area (Å²) < 4.78 is 0. The van der Waals surface area contributed by atoms with Crippen LogP contribution in [0, 0.1) is 0 Å². The van der Waals surface area contributed by atoms with Crippen molar-refractivity contribution in [1.29, 1.82) is 0 Å². The molecule has 2 aromatic heterocycles. The maximum atomic E-state index is 11.5. The first-order valence-corrected chi connectivity index (χ1v) is 7.99. The largest absolute Gasteiger partial charge is 0.322 e. The SMILES string of the molecule is O=c1ccc2c(N=C(c3ccccc3)c3ccccc3)nccc2[nH]1. The first-order valence-electron chi connectivity index (χ1n) is 7.99. The molecule has 0 saturated carbocycles. The van der Waals surface area contributed by atoms with Crippen LogP contribution in [0.3, 0.4) is 0 Å². The van der Waals surface area contributed by atoms with Crippen LogP contribution in [0.2, 0.25) is 0 Å². The van der Waals surface area contributed by atoms with Gasteiger partial charge in [-0.1, -0.05) is 60.7 Å². The molecule has 4 nitrogen and oxygen atoms in total. The highest BCUT2D eigenvalue weighted by Crippen LogP contribution is 2.23. The van der Waals surface area contributed by atoms with Crippen LogP contribution in [-0.4, -0.2) is 15.7 Å². The Kier molecular flexibility index (Phi) is 3.92. The molecule has 0 aliphatic heterocycles. The monoisotopic (exact) mass is 325 g/mol. The summed E-state index contributed by atoms with van der Waals surface area (Å²) in [4.78, 5) is 23.6. The van der Waals surface area contributed by atoms with E-state index >= 15 is 0 Å². The lowest BCUT2D eigenvalue weighted by Gasteiger charge is -2.08. The van der Waals surface area contributed by atoms with Crippen LogP contribution in [-0.2, 0) is 0 Å². The van der Waals surface area contributed by atoms with E-state index in [9.17, 15) is 4.79 Å². The van der Waals surface area contributed by atoms with Gasteiger partial charge in [0.15, 0.2) is 5.82 Å². The fourth-order valence-electron chi connectivity index (χ4n) is 2.75. The Morgan fingerprint density at radius 2 is 1.44 bits per heavy atom. The lowest BCUT2D eigenvalue weighted by Crippen LogP contribution is -2.04. The number of aromatic amines is 1. The number of aliphatic imine (C=N–C) groups is 1. The summed E-state index contributed by atoms with van der Waals surface area (Å²) in [5.41, 5.74) is 3.45. The Labute approximate surface area is 144 Å². The van der Waals surface area contributed by atoms with Gasteiger partial charge in [0.1, 0.15) is 0 Å². The van der Waals surface area contributed by atoms with Gasteiger partial charge in [-0.25, -0.2) is 9.98 Å². The van der Waals surface area contributed by atoms with Crippen molar-refractivity contribution in [2.75, 3.05) is 0 Å². The molecule has 120 valence electrons. The van der Waals surface area contributed by atoms with Crippen molar-refractivity contribution in [3.8, 4) is 0 Å². The van der Waals surface area contributed by atoms with Crippen molar-refractivity contribution < 1.29 is 0 Å². The molecule has 1 N–H and O–H groups in total. The van der Waals surface area contributed by atoms with Crippen LogP contribution < -0.4 is 5.56 Å². The Morgan fingerprint density at radius 1 is 0.800 bits per heavy atom. The average molecular weight is 325 g/mol. The number of benzene rings is 2. The molecule has 2 heterocycles. The van der Waals surface area contributed by atoms with Gasteiger partial charge in [0.25, 0.3) is 0 Å². The minimum absolute atomic E-state index is 0.139. The number of rotatable bonds is 3. The molecule has 0 aliphatic carbocycles.